The Morgan fingerprint density at radius 3 is 2.94 bits per heavy atom. The third-order valence-electron chi connectivity index (χ3n) is 3.46. The van der Waals surface area contributed by atoms with Crippen molar-refractivity contribution in [3.8, 4) is 0 Å². The van der Waals surface area contributed by atoms with Crippen molar-refractivity contribution in [2.75, 3.05) is 13.2 Å². The van der Waals surface area contributed by atoms with E-state index in [1.165, 1.54) is 6.42 Å². The molecule has 0 spiro atoms. The number of piperidine rings is 1. The first kappa shape index (κ1) is 11.9. The molecule has 2 rings (SSSR count). The van der Waals surface area contributed by atoms with Crippen molar-refractivity contribution < 1.29 is 9.53 Å². The third kappa shape index (κ3) is 3.19. The number of hydrogen-bond acceptors (Lipinski definition) is 3. The van der Waals surface area contributed by atoms with E-state index in [-0.39, 0.29) is 18.1 Å². The monoisotopic (exact) mass is 226 g/mol. The minimum absolute atomic E-state index is 0.00477. The largest absolute Gasteiger partial charge is 0.376 e. The van der Waals surface area contributed by atoms with Crippen molar-refractivity contribution in [1.29, 1.82) is 0 Å². The zero-order chi connectivity index (χ0) is 11.4. The topological polar surface area (TPSA) is 50.4 Å². The lowest BCUT2D eigenvalue weighted by molar-refractivity contribution is -0.124. The van der Waals surface area contributed by atoms with Crippen LogP contribution >= 0.6 is 0 Å². The van der Waals surface area contributed by atoms with Gasteiger partial charge in [-0.25, -0.2) is 0 Å². The van der Waals surface area contributed by atoms with Gasteiger partial charge in [0.15, 0.2) is 0 Å². The molecule has 2 aliphatic heterocycles. The second kappa shape index (κ2) is 5.64. The van der Waals surface area contributed by atoms with E-state index in [1.54, 1.807) is 0 Å². The summed E-state index contributed by atoms with van der Waals surface area (Å²) in [6, 6.07) is 0.470. The van der Waals surface area contributed by atoms with Crippen LogP contribution in [0.5, 0.6) is 0 Å². The molecule has 0 aromatic carbocycles. The molecule has 0 aliphatic carbocycles. The van der Waals surface area contributed by atoms with E-state index in [2.05, 4.69) is 17.6 Å². The van der Waals surface area contributed by atoms with Crippen LogP contribution in [0, 0.1) is 0 Å². The molecule has 0 saturated carbocycles. The maximum atomic E-state index is 11.9. The van der Waals surface area contributed by atoms with Crippen LogP contribution in [0.4, 0.5) is 0 Å². The summed E-state index contributed by atoms with van der Waals surface area (Å²) in [7, 11) is 0. The van der Waals surface area contributed by atoms with Crippen LogP contribution < -0.4 is 10.6 Å². The SMILES string of the molecule is CC1CCCC(C(=O)NCC2CCCO2)N1. The number of amides is 1. The average Bonchev–Trinajstić information content (AvgIpc) is 2.78. The van der Waals surface area contributed by atoms with E-state index in [1.807, 2.05) is 0 Å². The molecule has 0 aromatic rings. The van der Waals surface area contributed by atoms with Crippen LogP contribution in [0.25, 0.3) is 0 Å². The first-order valence-corrected chi connectivity index (χ1v) is 6.41. The van der Waals surface area contributed by atoms with Gasteiger partial charge < -0.3 is 15.4 Å². The first-order chi connectivity index (χ1) is 7.75. The average molecular weight is 226 g/mol. The molecule has 0 bridgehead atoms. The molecule has 1 amide bonds. The Kier molecular flexibility index (Phi) is 4.18. The van der Waals surface area contributed by atoms with E-state index in [0.717, 1.165) is 32.3 Å². The van der Waals surface area contributed by atoms with E-state index in [0.29, 0.717) is 12.6 Å². The fourth-order valence-corrected chi connectivity index (χ4v) is 2.49. The number of rotatable bonds is 3. The highest BCUT2D eigenvalue weighted by atomic mass is 16.5. The van der Waals surface area contributed by atoms with Crippen molar-refractivity contribution in [2.45, 2.75) is 57.2 Å². The summed E-state index contributed by atoms with van der Waals surface area (Å²) in [5, 5.41) is 6.33. The molecule has 3 atom stereocenters. The fraction of sp³-hybridized carbons (Fsp3) is 0.917. The summed E-state index contributed by atoms with van der Waals surface area (Å²) >= 11 is 0. The Hall–Kier alpha value is -0.610. The molecule has 2 aliphatic rings. The lowest BCUT2D eigenvalue weighted by Gasteiger charge is -2.28. The number of ether oxygens (including phenoxy) is 1. The molecule has 0 aromatic heterocycles. The van der Waals surface area contributed by atoms with E-state index < -0.39 is 0 Å². The minimum Gasteiger partial charge on any atom is -0.376 e. The number of hydrogen-bond donors (Lipinski definition) is 2. The van der Waals surface area contributed by atoms with Gasteiger partial charge in [-0.15, -0.1) is 0 Å². The summed E-state index contributed by atoms with van der Waals surface area (Å²) in [6.07, 6.45) is 5.72. The highest BCUT2D eigenvalue weighted by Gasteiger charge is 2.25. The van der Waals surface area contributed by atoms with Gasteiger partial charge in [0, 0.05) is 19.2 Å². The molecule has 4 nitrogen and oxygen atoms in total. The fourth-order valence-electron chi connectivity index (χ4n) is 2.49. The van der Waals surface area contributed by atoms with Crippen LogP contribution in [0.2, 0.25) is 0 Å². The second-order valence-corrected chi connectivity index (χ2v) is 4.93. The van der Waals surface area contributed by atoms with Crippen LogP contribution in [-0.2, 0) is 9.53 Å². The molecule has 2 fully saturated rings. The molecule has 16 heavy (non-hydrogen) atoms. The number of carbonyl (C=O) groups excluding carboxylic acids is 1. The minimum atomic E-state index is 0.00477. The highest BCUT2D eigenvalue weighted by molar-refractivity contribution is 5.81. The van der Waals surface area contributed by atoms with Crippen LogP contribution in [0.15, 0.2) is 0 Å². The van der Waals surface area contributed by atoms with Crippen LogP contribution in [0.3, 0.4) is 0 Å². The molecule has 92 valence electrons. The Bertz CT molecular complexity index is 239. The zero-order valence-corrected chi connectivity index (χ0v) is 10.00. The Morgan fingerprint density at radius 1 is 1.38 bits per heavy atom. The molecular weight excluding hydrogens is 204 g/mol. The lowest BCUT2D eigenvalue weighted by atomic mass is 9.99. The Balaban J connectivity index is 1.70. The van der Waals surface area contributed by atoms with Crippen molar-refractivity contribution >= 4 is 5.91 Å². The summed E-state index contributed by atoms with van der Waals surface area (Å²) in [5.74, 6) is 0.141. The molecule has 0 radical (unpaired) electrons. The van der Waals surface area contributed by atoms with Gasteiger partial charge in [-0.2, -0.15) is 0 Å². The predicted molar refractivity (Wildman–Crippen MR) is 62.2 cm³/mol. The van der Waals surface area contributed by atoms with Gasteiger partial charge in [0.05, 0.1) is 12.1 Å². The Morgan fingerprint density at radius 2 is 2.25 bits per heavy atom. The summed E-state index contributed by atoms with van der Waals surface area (Å²) in [4.78, 5) is 11.9. The normalized spacial score (nSPS) is 34.9. The molecule has 4 heteroatoms. The smallest absolute Gasteiger partial charge is 0.237 e. The Labute approximate surface area is 97.1 Å². The van der Waals surface area contributed by atoms with Gasteiger partial charge >= 0.3 is 0 Å². The van der Waals surface area contributed by atoms with Gasteiger partial charge in [0.25, 0.3) is 0 Å². The number of nitrogens with one attached hydrogen (secondary N) is 2. The van der Waals surface area contributed by atoms with Gasteiger partial charge in [0.2, 0.25) is 5.91 Å². The third-order valence-corrected chi connectivity index (χ3v) is 3.46. The molecule has 2 heterocycles. The maximum Gasteiger partial charge on any atom is 0.237 e. The van der Waals surface area contributed by atoms with Gasteiger partial charge in [-0.05, 0) is 39.0 Å². The quantitative estimate of drug-likeness (QED) is 0.749. The summed E-state index contributed by atoms with van der Waals surface area (Å²) in [5.41, 5.74) is 0. The van der Waals surface area contributed by atoms with Gasteiger partial charge in [-0.3, -0.25) is 4.79 Å². The second-order valence-electron chi connectivity index (χ2n) is 4.93. The maximum absolute atomic E-state index is 11.9. The van der Waals surface area contributed by atoms with Crippen molar-refractivity contribution in [3.05, 3.63) is 0 Å². The van der Waals surface area contributed by atoms with Gasteiger partial charge in [0.1, 0.15) is 0 Å². The zero-order valence-electron chi connectivity index (χ0n) is 10.00. The summed E-state index contributed by atoms with van der Waals surface area (Å²) < 4.78 is 5.48. The molecular formula is C12H22N2O2. The van der Waals surface area contributed by atoms with Crippen LogP contribution in [0.1, 0.15) is 39.0 Å². The number of carbonyl (C=O) groups is 1. The molecule has 3 unspecified atom stereocenters. The van der Waals surface area contributed by atoms with Crippen molar-refractivity contribution in [2.24, 2.45) is 0 Å². The standard InChI is InChI=1S/C12H22N2O2/c1-9-4-2-6-11(14-9)12(15)13-8-10-5-3-7-16-10/h9-11,14H,2-8H2,1H3,(H,13,15). The van der Waals surface area contributed by atoms with E-state index >= 15 is 0 Å². The van der Waals surface area contributed by atoms with Gasteiger partial charge in [-0.1, -0.05) is 0 Å². The lowest BCUT2D eigenvalue weighted by Crippen LogP contribution is -2.51. The van der Waals surface area contributed by atoms with Crippen LogP contribution in [-0.4, -0.2) is 37.2 Å². The first-order valence-electron chi connectivity index (χ1n) is 6.41. The van der Waals surface area contributed by atoms with E-state index in [4.69, 9.17) is 4.74 Å². The van der Waals surface area contributed by atoms with Crippen molar-refractivity contribution in [3.63, 3.8) is 0 Å². The van der Waals surface area contributed by atoms with E-state index in [9.17, 15) is 4.79 Å². The summed E-state index contributed by atoms with van der Waals surface area (Å²) in [6.45, 7) is 3.66. The molecule has 2 saturated heterocycles. The predicted octanol–water partition coefficient (Wildman–Crippen LogP) is 0.812. The highest BCUT2D eigenvalue weighted by Crippen LogP contribution is 2.13. The molecule has 2 N–H and O–H groups in total. The van der Waals surface area contributed by atoms with Crippen molar-refractivity contribution in [1.82, 2.24) is 10.6 Å².